The van der Waals surface area contributed by atoms with E-state index in [9.17, 15) is 9.59 Å². The van der Waals surface area contributed by atoms with Crippen molar-refractivity contribution in [3.63, 3.8) is 0 Å². The summed E-state index contributed by atoms with van der Waals surface area (Å²) in [5.41, 5.74) is 0.514. The molecule has 0 aliphatic rings. The first-order valence-corrected chi connectivity index (χ1v) is 10.7. The standard InChI is InChI=1S/C22H25Cl2N3O6/c1-6-32-17-11-16(18(33-7-2)10-14(17)24)26-27-19(12(3)28)22(29)25-15-9-8-13(23)20(30-4)21(15)31-5/h8-11,19H,6-7H2,1-5H3,(H,25,29). The van der Waals surface area contributed by atoms with E-state index >= 15 is 0 Å². The van der Waals surface area contributed by atoms with E-state index in [0.29, 0.717) is 34.8 Å². The van der Waals surface area contributed by atoms with Crippen molar-refractivity contribution in [1.29, 1.82) is 0 Å². The molecule has 0 aliphatic carbocycles. The summed E-state index contributed by atoms with van der Waals surface area (Å²) in [7, 11) is 2.82. The van der Waals surface area contributed by atoms with Crippen LogP contribution in [0.3, 0.4) is 0 Å². The number of Topliss-reactive ketones (excluding diaryl/α,β-unsaturated/α-hetero) is 1. The molecule has 0 aromatic heterocycles. The van der Waals surface area contributed by atoms with Gasteiger partial charge in [-0.25, -0.2) is 0 Å². The molecule has 178 valence electrons. The van der Waals surface area contributed by atoms with E-state index < -0.39 is 17.7 Å². The van der Waals surface area contributed by atoms with Crippen LogP contribution in [0.1, 0.15) is 20.8 Å². The number of methoxy groups -OCH3 is 2. The number of carbonyl (C=O) groups is 2. The number of hydrogen-bond acceptors (Lipinski definition) is 8. The predicted octanol–water partition coefficient (Wildman–Crippen LogP) is 5.49. The lowest BCUT2D eigenvalue weighted by Gasteiger charge is -2.16. The van der Waals surface area contributed by atoms with E-state index in [4.69, 9.17) is 42.1 Å². The van der Waals surface area contributed by atoms with Gasteiger partial charge in [0.05, 0.1) is 43.2 Å². The lowest BCUT2D eigenvalue weighted by molar-refractivity contribution is -0.126. The van der Waals surface area contributed by atoms with E-state index in [1.807, 2.05) is 6.92 Å². The molecule has 2 aromatic carbocycles. The monoisotopic (exact) mass is 497 g/mol. The molecule has 33 heavy (non-hydrogen) atoms. The molecule has 2 rings (SSSR count). The first-order valence-electron chi connectivity index (χ1n) is 9.99. The van der Waals surface area contributed by atoms with Gasteiger partial charge in [0.2, 0.25) is 6.04 Å². The van der Waals surface area contributed by atoms with Crippen molar-refractivity contribution in [2.75, 3.05) is 32.8 Å². The van der Waals surface area contributed by atoms with Gasteiger partial charge in [0.1, 0.15) is 17.2 Å². The summed E-state index contributed by atoms with van der Waals surface area (Å²) in [6.45, 7) is 5.58. The molecule has 0 saturated heterocycles. The van der Waals surface area contributed by atoms with Crippen molar-refractivity contribution in [2.24, 2.45) is 10.2 Å². The Hall–Kier alpha value is -3.04. The van der Waals surface area contributed by atoms with E-state index in [0.717, 1.165) is 0 Å². The number of halogens is 2. The SMILES string of the molecule is CCOc1cc(N=NC(C(C)=O)C(=O)Nc2ccc(Cl)c(OC)c2OC)c(OCC)cc1Cl. The molecule has 1 atom stereocenters. The highest BCUT2D eigenvalue weighted by Gasteiger charge is 2.26. The van der Waals surface area contributed by atoms with Crippen molar-refractivity contribution in [3.05, 3.63) is 34.3 Å². The van der Waals surface area contributed by atoms with Gasteiger partial charge in [0, 0.05) is 12.1 Å². The summed E-state index contributed by atoms with van der Waals surface area (Å²) in [5.74, 6) is -0.0851. The zero-order chi connectivity index (χ0) is 24.5. The fourth-order valence-electron chi connectivity index (χ4n) is 2.81. The second-order valence-electron chi connectivity index (χ2n) is 6.50. The first-order chi connectivity index (χ1) is 15.8. The van der Waals surface area contributed by atoms with Gasteiger partial charge >= 0.3 is 0 Å². The van der Waals surface area contributed by atoms with Crippen LogP contribution < -0.4 is 24.3 Å². The summed E-state index contributed by atoms with van der Waals surface area (Å²) < 4.78 is 21.5. The van der Waals surface area contributed by atoms with Gasteiger partial charge in [-0.3, -0.25) is 9.59 Å². The molecule has 11 heteroatoms. The van der Waals surface area contributed by atoms with Crippen molar-refractivity contribution in [1.82, 2.24) is 0 Å². The second kappa shape index (κ2) is 12.3. The summed E-state index contributed by atoms with van der Waals surface area (Å²) in [4.78, 5) is 25.1. The normalized spacial score (nSPS) is 11.7. The van der Waals surface area contributed by atoms with Crippen LogP contribution >= 0.6 is 23.2 Å². The second-order valence-corrected chi connectivity index (χ2v) is 7.31. The topological polar surface area (TPSA) is 108 Å². The third-order valence-electron chi connectivity index (χ3n) is 4.26. The average Bonchev–Trinajstić information content (AvgIpc) is 2.77. The van der Waals surface area contributed by atoms with Crippen LogP contribution in [0.15, 0.2) is 34.5 Å². The molecular formula is C22H25Cl2N3O6. The van der Waals surface area contributed by atoms with Crippen molar-refractivity contribution in [3.8, 4) is 23.0 Å². The number of ketones is 1. The Bertz CT molecular complexity index is 1050. The smallest absolute Gasteiger partial charge is 0.258 e. The summed E-state index contributed by atoms with van der Waals surface area (Å²) in [5, 5.41) is 11.3. The molecule has 0 aliphatic heterocycles. The van der Waals surface area contributed by atoms with Crippen LogP contribution in [0.25, 0.3) is 0 Å². The number of nitrogens with one attached hydrogen (secondary N) is 1. The summed E-state index contributed by atoms with van der Waals surface area (Å²) in [6.07, 6.45) is 0. The fourth-order valence-corrected chi connectivity index (χ4v) is 3.24. The minimum absolute atomic E-state index is 0.204. The minimum Gasteiger partial charge on any atom is -0.492 e. The number of benzene rings is 2. The number of ether oxygens (including phenoxy) is 4. The molecule has 0 fully saturated rings. The highest BCUT2D eigenvalue weighted by molar-refractivity contribution is 6.32. The first kappa shape index (κ1) is 26.2. The van der Waals surface area contributed by atoms with Crippen LogP contribution in [0.5, 0.6) is 23.0 Å². The van der Waals surface area contributed by atoms with Crippen LogP contribution in [0.2, 0.25) is 10.0 Å². The Balaban J connectivity index is 2.38. The summed E-state index contributed by atoms with van der Waals surface area (Å²) >= 11 is 12.3. The molecule has 1 amide bonds. The molecule has 0 spiro atoms. The molecule has 0 radical (unpaired) electrons. The van der Waals surface area contributed by atoms with Gasteiger partial charge in [-0.15, -0.1) is 0 Å². The number of amides is 1. The fraction of sp³-hybridized carbons (Fsp3) is 0.364. The third-order valence-corrected chi connectivity index (χ3v) is 4.85. The zero-order valence-electron chi connectivity index (χ0n) is 18.9. The highest BCUT2D eigenvalue weighted by atomic mass is 35.5. The number of nitrogens with zero attached hydrogens (tertiary/aromatic N) is 2. The Kier molecular flexibility index (Phi) is 9.74. The van der Waals surface area contributed by atoms with E-state index in [2.05, 4.69) is 15.5 Å². The van der Waals surface area contributed by atoms with Crippen LogP contribution in [0, 0.1) is 0 Å². The molecule has 9 nitrogen and oxygen atoms in total. The minimum atomic E-state index is -1.43. The Morgan fingerprint density at radius 1 is 0.970 bits per heavy atom. The van der Waals surface area contributed by atoms with Gasteiger partial charge in [0.15, 0.2) is 17.3 Å². The van der Waals surface area contributed by atoms with Crippen molar-refractivity contribution >= 4 is 46.3 Å². The van der Waals surface area contributed by atoms with Gasteiger partial charge < -0.3 is 24.3 Å². The van der Waals surface area contributed by atoms with Crippen LogP contribution in [-0.2, 0) is 9.59 Å². The highest BCUT2D eigenvalue weighted by Crippen LogP contribution is 2.41. The van der Waals surface area contributed by atoms with E-state index in [1.54, 1.807) is 6.92 Å². The Morgan fingerprint density at radius 2 is 1.61 bits per heavy atom. The third kappa shape index (κ3) is 6.49. The van der Waals surface area contributed by atoms with Crippen LogP contribution in [-0.4, -0.2) is 45.2 Å². The lowest BCUT2D eigenvalue weighted by Crippen LogP contribution is -2.32. The lowest BCUT2D eigenvalue weighted by atomic mass is 10.2. The quantitative estimate of drug-likeness (QED) is 0.324. The van der Waals surface area contributed by atoms with E-state index in [-0.39, 0.29) is 22.9 Å². The largest absolute Gasteiger partial charge is 0.492 e. The number of hydrogen-bond donors (Lipinski definition) is 1. The Labute approximate surface area is 202 Å². The summed E-state index contributed by atoms with van der Waals surface area (Å²) in [6, 6.07) is 4.69. The predicted molar refractivity (Wildman–Crippen MR) is 126 cm³/mol. The zero-order valence-corrected chi connectivity index (χ0v) is 20.4. The van der Waals surface area contributed by atoms with E-state index in [1.165, 1.54) is 45.4 Å². The van der Waals surface area contributed by atoms with Gasteiger partial charge in [0.25, 0.3) is 5.91 Å². The van der Waals surface area contributed by atoms with Crippen LogP contribution in [0.4, 0.5) is 11.4 Å². The number of anilines is 1. The number of rotatable bonds is 11. The molecule has 0 heterocycles. The maximum Gasteiger partial charge on any atom is 0.258 e. The molecule has 1 unspecified atom stereocenters. The Morgan fingerprint density at radius 3 is 2.18 bits per heavy atom. The maximum atomic E-state index is 12.9. The number of azo groups is 1. The van der Waals surface area contributed by atoms with Crippen molar-refractivity contribution in [2.45, 2.75) is 26.8 Å². The molecule has 1 N–H and O–H groups in total. The average molecular weight is 498 g/mol. The molecule has 2 aromatic rings. The van der Waals surface area contributed by atoms with Gasteiger partial charge in [-0.05, 0) is 32.9 Å². The van der Waals surface area contributed by atoms with Crippen molar-refractivity contribution < 1.29 is 28.5 Å². The molecular weight excluding hydrogens is 473 g/mol. The molecule has 0 bridgehead atoms. The molecule has 0 saturated carbocycles. The van der Waals surface area contributed by atoms with Gasteiger partial charge in [-0.1, -0.05) is 23.2 Å². The maximum absolute atomic E-state index is 12.9. The number of carbonyl (C=O) groups excluding carboxylic acids is 2. The van der Waals surface area contributed by atoms with Gasteiger partial charge in [-0.2, -0.15) is 10.2 Å².